The lowest BCUT2D eigenvalue weighted by Crippen LogP contribution is -2.34. The minimum Gasteiger partial charge on any atom is -0.351 e. The summed E-state index contributed by atoms with van der Waals surface area (Å²) in [4.78, 5) is 14.9. The monoisotopic (exact) mass is 328 g/mol. The molecule has 1 aromatic heterocycles. The number of hydrogen-bond donors (Lipinski definition) is 2. The fourth-order valence-electron chi connectivity index (χ4n) is 3.33. The van der Waals surface area contributed by atoms with Crippen molar-refractivity contribution in [3.8, 4) is 0 Å². The van der Waals surface area contributed by atoms with E-state index in [-0.39, 0.29) is 5.91 Å². The van der Waals surface area contributed by atoms with Crippen LogP contribution < -0.4 is 5.32 Å². The van der Waals surface area contributed by atoms with Crippen molar-refractivity contribution in [1.82, 2.24) is 20.4 Å². The van der Waals surface area contributed by atoms with Crippen molar-refractivity contribution in [2.75, 3.05) is 26.2 Å². The van der Waals surface area contributed by atoms with Crippen LogP contribution in [0.25, 0.3) is 10.9 Å². The number of piperidine rings is 1. The van der Waals surface area contributed by atoms with Crippen molar-refractivity contribution in [3.63, 3.8) is 0 Å². The summed E-state index contributed by atoms with van der Waals surface area (Å²) in [6.45, 7) is 8.68. The van der Waals surface area contributed by atoms with Crippen LogP contribution in [0.15, 0.2) is 18.2 Å². The van der Waals surface area contributed by atoms with Crippen LogP contribution in [0.2, 0.25) is 0 Å². The van der Waals surface area contributed by atoms with Gasteiger partial charge in [-0.15, -0.1) is 0 Å². The number of aromatic amines is 1. The first-order chi connectivity index (χ1) is 11.6. The zero-order valence-corrected chi connectivity index (χ0v) is 14.8. The molecule has 2 aromatic rings. The molecule has 5 nitrogen and oxygen atoms in total. The topological polar surface area (TPSA) is 61.0 Å². The molecule has 2 N–H and O–H groups in total. The number of carbonyl (C=O) groups is 1. The highest BCUT2D eigenvalue weighted by Gasteiger charge is 2.15. The third kappa shape index (κ3) is 4.15. The number of nitrogens with one attached hydrogen (secondary N) is 2. The van der Waals surface area contributed by atoms with Crippen LogP contribution >= 0.6 is 0 Å². The molecule has 1 amide bonds. The number of fused-ring (bicyclic) bond motifs is 1. The second kappa shape index (κ2) is 7.79. The Morgan fingerprint density at radius 1 is 1.33 bits per heavy atom. The van der Waals surface area contributed by atoms with E-state index in [1.807, 2.05) is 25.1 Å². The highest BCUT2D eigenvalue weighted by Crippen LogP contribution is 2.18. The average molecular weight is 328 g/mol. The SMILES string of the molecule is Cc1ccc2[nH]nc(C(=O)NCCCCN3CCC(C)CC3)c2c1. The molecular formula is C19H28N4O. The first-order valence-corrected chi connectivity index (χ1v) is 9.09. The first-order valence-electron chi connectivity index (χ1n) is 9.09. The number of rotatable bonds is 6. The predicted molar refractivity (Wildman–Crippen MR) is 97.2 cm³/mol. The van der Waals surface area contributed by atoms with Crippen LogP contribution in [-0.4, -0.2) is 47.2 Å². The number of benzene rings is 1. The van der Waals surface area contributed by atoms with Gasteiger partial charge in [0.15, 0.2) is 5.69 Å². The molecule has 0 spiro atoms. The van der Waals surface area contributed by atoms with Crippen LogP contribution in [-0.2, 0) is 0 Å². The first kappa shape index (κ1) is 17.0. The lowest BCUT2D eigenvalue weighted by Gasteiger charge is -2.30. The quantitative estimate of drug-likeness (QED) is 0.801. The molecule has 2 heterocycles. The molecule has 0 atom stereocenters. The fraction of sp³-hybridized carbons (Fsp3) is 0.579. The van der Waals surface area contributed by atoms with Gasteiger partial charge in [-0.2, -0.15) is 5.10 Å². The molecule has 1 aromatic carbocycles. The number of H-pyrrole nitrogens is 1. The van der Waals surface area contributed by atoms with E-state index in [0.29, 0.717) is 12.2 Å². The summed E-state index contributed by atoms with van der Waals surface area (Å²) < 4.78 is 0. The summed E-state index contributed by atoms with van der Waals surface area (Å²) in [5, 5.41) is 11.0. The molecule has 0 radical (unpaired) electrons. The molecule has 0 saturated carbocycles. The van der Waals surface area contributed by atoms with Gasteiger partial charge in [0.1, 0.15) is 0 Å². The third-order valence-corrected chi connectivity index (χ3v) is 5.00. The average Bonchev–Trinajstić information content (AvgIpc) is 2.99. The molecule has 1 aliphatic heterocycles. The number of hydrogen-bond acceptors (Lipinski definition) is 3. The lowest BCUT2D eigenvalue weighted by molar-refractivity contribution is 0.0949. The van der Waals surface area contributed by atoms with E-state index in [1.54, 1.807) is 0 Å². The Balaban J connectivity index is 1.41. The van der Waals surface area contributed by atoms with Gasteiger partial charge in [0.2, 0.25) is 0 Å². The fourth-order valence-corrected chi connectivity index (χ4v) is 3.33. The molecule has 1 saturated heterocycles. The van der Waals surface area contributed by atoms with E-state index in [9.17, 15) is 4.79 Å². The van der Waals surface area contributed by atoms with Crippen LogP contribution in [0.3, 0.4) is 0 Å². The molecule has 24 heavy (non-hydrogen) atoms. The van der Waals surface area contributed by atoms with Gasteiger partial charge in [0.25, 0.3) is 5.91 Å². The van der Waals surface area contributed by atoms with Gasteiger partial charge < -0.3 is 10.2 Å². The zero-order valence-electron chi connectivity index (χ0n) is 14.8. The highest BCUT2D eigenvalue weighted by molar-refractivity contribution is 6.04. The van der Waals surface area contributed by atoms with E-state index in [0.717, 1.165) is 41.8 Å². The second-order valence-corrected chi connectivity index (χ2v) is 7.11. The van der Waals surface area contributed by atoms with Crippen molar-refractivity contribution in [3.05, 3.63) is 29.5 Å². The molecule has 130 valence electrons. The van der Waals surface area contributed by atoms with Gasteiger partial charge in [-0.25, -0.2) is 0 Å². The number of aryl methyl sites for hydroxylation is 1. The Bertz CT molecular complexity index is 686. The Labute approximate surface area is 143 Å². The predicted octanol–water partition coefficient (Wildman–Crippen LogP) is 3.11. The summed E-state index contributed by atoms with van der Waals surface area (Å²) in [5.41, 5.74) is 2.54. The van der Waals surface area contributed by atoms with E-state index in [4.69, 9.17) is 0 Å². The number of nitrogens with zero attached hydrogens (tertiary/aromatic N) is 2. The van der Waals surface area contributed by atoms with Crippen molar-refractivity contribution in [1.29, 1.82) is 0 Å². The number of unbranched alkanes of at least 4 members (excludes halogenated alkanes) is 1. The number of amides is 1. The minimum absolute atomic E-state index is 0.0846. The molecule has 3 rings (SSSR count). The normalized spacial score (nSPS) is 16.6. The largest absolute Gasteiger partial charge is 0.351 e. The summed E-state index contributed by atoms with van der Waals surface area (Å²) in [5.74, 6) is 0.798. The van der Waals surface area contributed by atoms with E-state index < -0.39 is 0 Å². The van der Waals surface area contributed by atoms with Crippen molar-refractivity contribution in [2.45, 2.75) is 39.5 Å². The standard InChI is InChI=1S/C19H28N4O/c1-14-7-11-23(12-8-14)10-4-3-9-20-19(24)18-16-13-15(2)5-6-17(16)21-22-18/h5-6,13-14H,3-4,7-12H2,1-2H3,(H,20,24)(H,21,22). The van der Waals surface area contributed by atoms with Gasteiger partial charge in [-0.05, 0) is 70.3 Å². The Hall–Kier alpha value is -1.88. The van der Waals surface area contributed by atoms with Gasteiger partial charge in [-0.1, -0.05) is 18.6 Å². The van der Waals surface area contributed by atoms with Crippen LogP contribution in [0.1, 0.15) is 48.7 Å². The number of carbonyl (C=O) groups excluding carboxylic acids is 1. The third-order valence-electron chi connectivity index (χ3n) is 5.00. The number of aromatic nitrogens is 2. The highest BCUT2D eigenvalue weighted by atomic mass is 16.1. The summed E-state index contributed by atoms with van der Waals surface area (Å²) in [6, 6.07) is 5.99. The molecule has 5 heteroatoms. The molecule has 1 aliphatic rings. The van der Waals surface area contributed by atoms with E-state index in [1.165, 1.54) is 25.9 Å². The minimum atomic E-state index is -0.0846. The van der Waals surface area contributed by atoms with Gasteiger partial charge in [-0.3, -0.25) is 9.89 Å². The Morgan fingerprint density at radius 2 is 2.12 bits per heavy atom. The molecular weight excluding hydrogens is 300 g/mol. The summed E-state index contributed by atoms with van der Waals surface area (Å²) in [7, 11) is 0. The Kier molecular flexibility index (Phi) is 5.51. The van der Waals surface area contributed by atoms with Gasteiger partial charge >= 0.3 is 0 Å². The maximum atomic E-state index is 12.3. The van der Waals surface area contributed by atoms with Crippen molar-refractivity contribution in [2.24, 2.45) is 5.92 Å². The molecule has 1 fully saturated rings. The van der Waals surface area contributed by atoms with Crippen molar-refractivity contribution < 1.29 is 4.79 Å². The Morgan fingerprint density at radius 3 is 2.92 bits per heavy atom. The van der Waals surface area contributed by atoms with E-state index in [2.05, 4.69) is 27.3 Å². The van der Waals surface area contributed by atoms with Crippen LogP contribution in [0.5, 0.6) is 0 Å². The van der Waals surface area contributed by atoms with E-state index >= 15 is 0 Å². The van der Waals surface area contributed by atoms with Gasteiger partial charge in [0, 0.05) is 11.9 Å². The number of likely N-dealkylation sites (tertiary alicyclic amines) is 1. The molecule has 0 bridgehead atoms. The second-order valence-electron chi connectivity index (χ2n) is 7.11. The van der Waals surface area contributed by atoms with Crippen LogP contribution in [0, 0.1) is 12.8 Å². The smallest absolute Gasteiger partial charge is 0.272 e. The van der Waals surface area contributed by atoms with Crippen LogP contribution in [0.4, 0.5) is 0 Å². The lowest BCUT2D eigenvalue weighted by atomic mass is 9.99. The summed E-state index contributed by atoms with van der Waals surface area (Å²) in [6.07, 6.45) is 4.79. The molecule has 0 aliphatic carbocycles. The van der Waals surface area contributed by atoms with Crippen molar-refractivity contribution >= 4 is 16.8 Å². The maximum Gasteiger partial charge on any atom is 0.272 e. The summed E-state index contributed by atoms with van der Waals surface area (Å²) >= 11 is 0. The zero-order chi connectivity index (χ0) is 16.9. The molecule has 0 unspecified atom stereocenters. The van der Waals surface area contributed by atoms with Gasteiger partial charge in [0.05, 0.1) is 5.52 Å². The maximum absolute atomic E-state index is 12.3.